The maximum atomic E-state index is 12.3. The molecule has 4 rings (SSSR count). The first kappa shape index (κ1) is 19.5. The van der Waals surface area contributed by atoms with Crippen molar-refractivity contribution in [2.24, 2.45) is 0 Å². The number of rotatable bonds is 3. The Labute approximate surface area is 182 Å². The van der Waals surface area contributed by atoms with E-state index in [0.29, 0.717) is 10.6 Å². The van der Waals surface area contributed by atoms with E-state index in [1.165, 1.54) is 0 Å². The summed E-state index contributed by atoms with van der Waals surface area (Å²) in [6.07, 6.45) is 0. The van der Waals surface area contributed by atoms with Crippen molar-refractivity contribution < 1.29 is 4.79 Å². The molecule has 7 heteroatoms. The second kappa shape index (κ2) is 8.29. The van der Waals surface area contributed by atoms with Gasteiger partial charge in [-0.15, -0.1) is 11.3 Å². The summed E-state index contributed by atoms with van der Waals surface area (Å²) in [5.74, 6) is -0.311. The zero-order valence-electron chi connectivity index (χ0n) is 15.4. The Morgan fingerprint density at radius 2 is 1.90 bits per heavy atom. The summed E-state index contributed by atoms with van der Waals surface area (Å²) in [4.78, 5) is 17.0. The highest BCUT2D eigenvalue weighted by Gasteiger charge is 2.11. The number of carbonyl (C=O) groups is 1. The van der Waals surface area contributed by atoms with Gasteiger partial charge in [-0.3, -0.25) is 10.1 Å². The average molecular weight is 438 g/mol. The number of nitrogens with one attached hydrogen (secondary N) is 2. The van der Waals surface area contributed by atoms with E-state index in [2.05, 4.69) is 22.8 Å². The molecule has 1 aromatic heterocycles. The topological polar surface area (TPSA) is 54.0 Å². The molecule has 3 aromatic carbocycles. The zero-order chi connectivity index (χ0) is 20.4. The van der Waals surface area contributed by atoms with Crippen LogP contribution in [0.5, 0.6) is 0 Å². The molecular weight excluding hydrogens is 422 g/mol. The summed E-state index contributed by atoms with van der Waals surface area (Å²) >= 11 is 12.9. The first-order valence-corrected chi connectivity index (χ1v) is 10.4. The van der Waals surface area contributed by atoms with Crippen molar-refractivity contribution >= 4 is 62.1 Å². The summed E-state index contributed by atoms with van der Waals surface area (Å²) in [5, 5.41) is 7.45. The molecule has 1 heterocycles. The maximum Gasteiger partial charge on any atom is 0.257 e. The fourth-order valence-electron chi connectivity index (χ4n) is 2.89. The summed E-state index contributed by atoms with van der Waals surface area (Å²) in [5.41, 5.74) is 4.32. The Balaban J connectivity index is 1.48. The highest BCUT2D eigenvalue weighted by molar-refractivity contribution is 7.80. The molecule has 4 aromatic rings. The molecular formula is C22H16ClN3OS2. The Bertz CT molecular complexity index is 1200. The van der Waals surface area contributed by atoms with Crippen LogP contribution in [0.4, 0.5) is 5.69 Å². The minimum absolute atomic E-state index is 0.228. The number of hydrogen-bond donors (Lipinski definition) is 2. The van der Waals surface area contributed by atoms with E-state index in [4.69, 9.17) is 28.8 Å². The lowest BCUT2D eigenvalue weighted by Gasteiger charge is -2.12. The number of benzene rings is 3. The highest BCUT2D eigenvalue weighted by atomic mass is 35.5. The van der Waals surface area contributed by atoms with E-state index in [0.717, 1.165) is 32.0 Å². The standard InChI is InChI=1S/C22H16ClN3OS2/c1-13-11-15(21-24-18-7-2-3-8-19(18)29-21)9-10-17(13)25-22(28)26-20(27)14-5-4-6-16(23)12-14/h2-12H,1H3,(H2,25,26,27,28). The van der Waals surface area contributed by atoms with Crippen molar-refractivity contribution in [3.63, 3.8) is 0 Å². The molecule has 1 amide bonds. The van der Waals surface area contributed by atoms with Gasteiger partial charge >= 0.3 is 0 Å². The Morgan fingerprint density at radius 1 is 1.07 bits per heavy atom. The molecule has 4 nitrogen and oxygen atoms in total. The lowest BCUT2D eigenvalue weighted by molar-refractivity contribution is 0.0977. The number of amides is 1. The Hall–Kier alpha value is -2.80. The molecule has 0 radical (unpaired) electrons. The fraction of sp³-hybridized carbons (Fsp3) is 0.0455. The molecule has 29 heavy (non-hydrogen) atoms. The first-order chi connectivity index (χ1) is 14.0. The third-order valence-corrected chi connectivity index (χ3v) is 5.85. The van der Waals surface area contributed by atoms with Crippen molar-refractivity contribution in [3.8, 4) is 10.6 Å². The quantitative estimate of drug-likeness (QED) is 0.383. The number of hydrogen-bond acceptors (Lipinski definition) is 4. The number of thiocarbonyl (C=S) groups is 1. The van der Waals surface area contributed by atoms with Crippen LogP contribution in [0.25, 0.3) is 20.8 Å². The van der Waals surface area contributed by atoms with Gasteiger partial charge in [-0.25, -0.2) is 4.98 Å². The van der Waals surface area contributed by atoms with E-state index in [1.807, 2.05) is 37.3 Å². The van der Waals surface area contributed by atoms with Crippen LogP contribution in [0.3, 0.4) is 0 Å². The number of para-hydroxylation sites is 1. The highest BCUT2D eigenvalue weighted by Crippen LogP contribution is 2.31. The minimum atomic E-state index is -0.311. The van der Waals surface area contributed by atoms with E-state index >= 15 is 0 Å². The predicted octanol–water partition coefficient (Wildman–Crippen LogP) is 6.05. The van der Waals surface area contributed by atoms with Crippen LogP contribution in [0, 0.1) is 6.92 Å². The number of thiazole rings is 1. The lowest BCUT2D eigenvalue weighted by Crippen LogP contribution is -2.34. The normalized spacial score (nSPS) is 10.7. The van der Waals surface area contributed by atoms with Crippen LogP contribution >= 0.6 is 35.2 Å². The summed E-state index contributed by atoms with van der Waals surface area (Å²) in [6.45, 7) is 1.99. The number of halogens is 1. The van der Waals surface area contributed by atoms with Crippen LogP contribution in [-0.2, 0) is 0 Å². The van der Waals surface area contributed by atoms with E-state index in [1.54, 1.807) is 35.6 Å². The van der Waals surface area contributed by atoms with Crippen LogP contribution < -0.4 is 10.6 Å². The van der Waals surface area contributed by atoms with Crippen molar-refractivity contribution in [1.82, 2.24) is 10.3 Å². The van der Waals surface area contributed by atoms with Gasteiger partial charge in [0.1, 0.15) is 5.01 Å². The molecule has 0 atom stereocenters. The van der Waals surface area contributed by atoms with Crippen LogP contribution in [0.2, 0.25) is 5.02 Å². The van der Waals surface area contributed by atoms with Gasteiger partial charge in [0.2, 0.25) is 0 Å². The van der Waals surface area contributed by atoms with Crippen molar-refractivity contribution in [1.29, 1.82) is 0 Å². The maximum absolute atomic E-state index is 12.3. The van der Waals surface area contributed by atoms with Gasteiger partial charge < -0.3 is 5.32 Å². The monoisotopic (exact) mass is 437 g/mol. The van der Waals surface area contributed by atoms with Crippen molar-refractivity contribution in [3.05, 3.63) is 82.9 Å². The largest absolute Gasteiger partial charge is 0.332 e. The van der Waals surface area contributed by atoms with Gasteiger partial charge in [-0.1, -0.05) is 29.8 Å². The third kappa shape index (κ3) is 4.45. The molecule has 0 spiro atoms. The molecule has 0 aliphatic carbocycles. The van der Waals surface area contributed by atoms with Gasteiger partial charge in [-0.05, 0) is 73.2 Å². The van der Waals surface area contributed by atoms with E-state index in [-0.39, 0.29) is 11.0 Å². The number of anilines is 1. The fourth-order valence-corrected chi connectivity index (χ4v) is 4.25. The van der Waals surface area contributed by atoms with Crippen LogP contribution in [0.1, 0.15) is 15.9 Å². The van der Waals surface area contributed by atoms with Gasteiger partial charge in [0, 0.05) is 21.8 Å². The minimum Gasteiger partial charge on any atom is -0.332 e. The third-order valence-electron chi connectivity index (χ3n) is 4.33. The molecule has 144 valence electrons. The number of fused-ring (bicyclic) bond motifs is 1. The van der Waals surface area contributed by atoms with Crippen LogP contribution in [0.15, 0.2) is 66.7 Å². The van der Waals surface area contributed by atoms with Crippen molar-refractivity contribution in [2.75, 3.05) is 5.32 Å². The van der Waals surface area contributed by atoms with E-state index in [9.17, 15) is 4.79 Å². The molecule has 0 unspecified atom stereocenters. The SMILES string of the molecule is Cc1cc(-c2nc3ccccc3s2)ccc1NC(=S)NC(=O)c1cccc(Cl)c1. The lowest BCUT2D eigenvalue weighted by atomic mass is 10.1. The number of nitrogens with zero attached hydrogens (tertiary/aromatic N) is 1. The molecule has 0 saturated heterocycles. The number of aromatic nitrogens is 1. The molecule has 2 N–H and O–H groups in total. The van der Waals surface area contributed by atoms with Crippen molar-refractivity contribution in [2.45, 2.75) is 6.92 Å². The smallest absolute Gasteiger partial charge is 0.257 e. The molecule has 0 fully saturated rings. The van der Waals surface area contributed by atoms with Gasteiger partial charge in [-0.2, -0.15) is 0 Å². The first-order valence-electron chi connectivity index (χ1n) is 8.84. The number of carbonyl (C=O) groups excluding carboxylic acids is 1. The molecule has 0 bridgehead atoms. The second-order valence-corrected chi connectivity index (χ2v) is 8.31. The summed E-state index contributed by atoms with van der Waals surface area (Å²) < 4.78 is 1.16. The van der Waals surface area contributed by atoms with Crippen LogP contribution in [-0.4, -0.2) is 16.0 Å². The van der Waals surface area contributed by atoms with Gasteiger partial charge in [0.15, 0.2) is 5.11 Å². The Kier molecular flexibility index (Phi) is 5.58. The Morgan fingerprint density at radius 3 is 2.66 bits per heavy atom. The average Bonchev–Trinajstić information content (AvgIpc) is 3.13. The second-order valence-electron chi connectivity index (χ2n) is 6.44. The summed E-state index contributed by atoms with van der Waals surface area (Å²) in [7, 11) is 0. The summed E-state index contributed by atoms with van der Waals surface area (Å²) in [6, 6.07) is 20.8. The zero-order valence-corrected chi connectivity index (χ0v) is 17.8. The predicted molar refractivity (Wildman–Crippen MR) is 125 cm³/mol. The van der Waals surface area contributed by atoms with Gasteiger partial charge in [0.05, 0.1) is 10.2 Å². The van der Waals surface area contributed by atoms with E-state index < -0.39 is 0 Å². The molecule has 0 aliphatic heterocycles. The number of aryl methyl sites for hydroxylation is 1. The molecule has 0 aliphatic rings. The van der Waals surface area contributed by atoms with Gasteiger partial charge in [0.25, 0.3) is 5.91 Å². The molecule has 0 saturated carbocycles.